The average Bonchev–Trinajstić information content (AvgIpc) is 3.05. The zero-order valence-electron chi connectivity index (χ0n) is 17.0. The van der Waals surface area contributed by atoms with E-state index in [1.807, 2.05) is 32.0 Å². The summed E-state index contributed by atoms with van der Waals surface area (Å²) in [5, 5.41) is 12.0. The maximum atomic E-state index is 12.8. The molecule has 2 aromatic carbocycles. The fraction of sp³-hybridized carbons (Fsp3) is 0.238. The highest BCUT2D eigenvalue weighted by Crippen LogP contribution is 2.29. The average molecular weight is 446 g/mol. The van der Waals surface area contributed by atoms with Crippen molar-refractivity contribution in [2.45, 2.75) is 20.8 Å². The first-order chi connectivity index (χ1) is 14.2. The molecule has 0 aliphatic heterocycles. The van der Waals surface area contributed by atoms with Crippen LogP contribution in [-0.2, 0) is 4.79 Å². The largest absolute Gasteiger partial charge is 0.331 e. The maximum absolute atomic E-state index is 12.8. The van der Waals surface area contributed by atoms with Crippen LogP contribution in [0, 0.1) is 20.8 Å². The molecule has 0 saturated heterocycles. The molecule has 30 heavy (non-hydrogen) atoms. The number of carbonyl (C=O) groups is 2. The number of aryl methyl sites for hydroxylation is 3. The third-order valence-corrected chi connectivity index (χ3v) is 5.14. The molecule has 1 heterocycles. The topological polar surface area (TPSA) is 80.1 Å². The van der Waals surface area contributed by atoms with Crippen molar-refractivity contribution in [3.05, 3.63) is 69.0 Å². The van der Waals surface area contributed by atoms with Gasteiger partial charge in [0, 0.05) is 7.05 Å². The maximum Gasteiger partial charge on any atom is 0.276 e. The highest BCUT2D eigenvalue weighted by atomic mass is 35.5. The van der Waals surface area contributed by atoms with Crippen LogP contribution in [0.1, 0.15) is 27.3 Å². The lowest BCUT2D eigenvalue weighted by Gasteiger charge is -2.16. The van der Waals surface area contributed by atoms with Crippen LogP contribution in [-0.4, -0.2) is 45.3 Å². The van der Waals surface area contributed by atoms with Gasteiger partial charge in [0.25, 0.3) is 5.91 Å². The van der Waals surface area contributed by atoms with E-state index in [-0.39, 0.29) is 12.2 Å². The summed E-state index contributed by atoms with van der Waals surface area (Å²) in [6.45, 7) is 5.47. The van der Waals surface area contributed by atoms with Crippen LogP contribution in [0.3, 0.4) is 0 Å². The minimum atomic E-state index is -0.430. The van der Waals surface area contributed by atoms with E-state index in [2.05, 4.69) is 15.5 Å². The molecule has 3 rings (SSSR count). The number of anilines is 1. The van der Waals surface area contributed by atoms with Gasteiger partial charge in [-0.3, -0.25) is 9.59 Å². The van der Waals surface area contributed by atoms with E-state index in [1.54, 1.807) is 25.1 Å². The van der Waals surface area contributed by atoms with Gasteiger partial charge in [-0.15, -0.1) is 5.10 Å². The Labute approximate surface area is 184 Å². The minimum absolute atomic E-state index is 0.182. The van der Waals surface area contributed by atoms with Gasteiger partial charge in [0.05, 0.1) is 33.7 Å². The number of halogens is 2. The lowest BCUT2D eigenvalue weighted by Crippen LogP contribution is -2.35. The summed E-state index contributed by atoms with van der Waals surface area (Å²) in [6.07, 6.45) is 0. The third-order valence-electron chi connectivity index (χ3n) is 4.51. The standard InChI is InChI=1S/C21H21Cl2N5O2/c1-12-8-9-17(13(2)10-12)28-25-14(3)19(26-28)21(30)27(4)11-18(29)24-20-15(22)6-5-7-16(20)23/h5-10H,11H2,1-4H3,(H,24,29). The van der Waals surface area contributed by atoms with Crippen molar-refractivity contribution in [3.63, 3.8) is 0 Å². The molecule has 0 saturated carbocycles. The van der Waals surface area contributed by atoms with Crippen molar-refractivity contribution < 1.29 is 9.59 Å². The molecule has 7 nitrogen and oxygen atoms in total. The number of rotatable bonds is 5. The summed E-state index contributed by atoms with van der Waals surface area (Å²) in [4.78, 5) is 27.9. The third kappa shape index (κ3) is 4.63. The first-order valence-electron chi connectivity index (χ1n) is 9.18. The van der Waals surface area contributed by atoms with Crippen molar-refractivity contribution in [1.82, 2.24) is 19.9 Å². The van der Waals surface area contributed by atoms with Crippen molar-refractivity contribution in [2.75, 3.05) is 18.9 Å². The molecule has 0 aliphatic rings. The monoisotopic (exact) mass is 445 g/mol. The second kappa shape index (κ2) is 8.85. The van der Waals surface area contributed by atoms with Gasteiger partial charge in [0.1, 0.15) is 0 Å². The molecule has 0 spiro atoms. The van der Waals surface area contributed by atoms with Gasteiger partial charge in [0.15, 0.2) is 5.69 Å². The molecule has 0 fully saturated rings. The van der Waals surface area contributed by atoms with Gasteiger partial charge in [0.2, 0.25) is 5.91 Å². The second-order valence-corrected chi connectivity index (χ2v) is 7.83. The van der Waals surface area contributed by atoms with Gasteiger partial charge < -0.3 is 10.2 Å². The molecule has 0 unspecified atom stereocenters. The normalized spacial score (nSPS) is 10.7. The Morgan fingerprint density at radius 1 is 1.07 bits per heavy atom. The Hall–Kier alpha value is -2.90. The first kappa shape index (κ1) is 21.8. The minimum Gasteiger partial charge on any atom is -0.331 e. The number of hydrogen-bond donors (Lipinski definition) is 1. The predicted octanol–water partition coefficient (Wildman–Crippen LogP) is 4.21. The number of benzene rings is 2. The van der Waals surface area contributed by atoms with Crippen molar-refractivity contribution in [3.8, 4) is 5.69 Å². The van der Waals surface area contributed by atoms with Crippen LogP contribution in [0.25, 0.3) is 5.69 Å². The summed E-state index contributed by atoms with van der Waals surface area (Å²) < 4.78 is 0. The second-order valence-electron chi connectivity index (χ2n) is 7.02. The smallest absolute Gasteiger partial charge is 0.276 e. The van der Waals surface area contributed by atoms with E-state index >= 15 is 0 Å². The van der Waals surface area contributed by atoms with Crippen molar-refractivity contribution in [1.29, 1.82) is 0 Å². The fourth-order valence-corrected chi connectivity index (χ4v) is 3.47. The van der Waals surface area contributed by atoms with Gasteiger partial charge >= 0.3 is 0 Å². The molecule has 0 radical (unpaired) electrons. The molecule has 0 atom stereocenters. The molecular weight excluding hydrogens is 425 g/mol. The van der Waals surface area contributed by atoms with E-state index in [4.69, 9.17) is 23.2 Å². The van der Waals surface area contributed by atoms with Crippen LogP contribution in [0.15, 0.2) is 36.4 Å². The predicted molar refractivity (Wildman–Crippen MR) is 118 cm³/mol. The summed E-state index contributed by atoms with van der Waals surface area (Å²) in [5.41, 5.74) is 3.87. The van der Waals surface area contributed by atoms with E-state index in [0.717, 1.165) is 16.8 Å². The number of nitrogens with one attached hydrogen (secondary N) is 1. The first-order valence-corrected chi connectivity index (χ1v) is 9.94. The Balaban J connectivity index is 1.75. The molecular formula is C21H21Cl2N5O2. The number of para-hydroxylation sites is 1. The Morgan fingerprint density at radius 3 is 2.37 bits per heavy atom. The van der Waals surface area contributed by atoms with E-state index in [1.165, 1.54) is 16.7 Å². The number of aromatic nitrogens is 3. The van der Waals surface area contributed by atoms with Crippen LogP contribution >= 0.6 is 23.2 Å². The highest BCUT2D eigenvalue weighted by molar-refractivity contribution is 6.39. The van der Waals surface area contributed by atoms with Gasteiger partial charge in [-0.25, -0.2) is 0 Å². The van der Waals surface area contributed by atoms with Gasteiger partial charge in [-0.1, -0.05) is 47.0 Å². The zero-order chi connectivity index (χ0) is 22.0. The van der Waals surface area contributed by atoms with Crippen LogP contribution in [0.5, 0.6) is 0 Å². The lowest BCUT2D eigenvalue weighted by molar-refractivity contribution is -0.116. The molecule has 156 valence electrons. The summed E-state index contributed by atoms with van der Waals surface area (Å²) in [5.74, 6) is -0.843. The van der Waals surface area contributed by atoms with Crippen molar-refractivity contribution >= 4 is 40.7 Å². The highest BCUT2D eigenvalue weighted by Gasteiger charge is 2.22. The van der Waals surface area contributed by atoms with Gasteiger partial charge in [-0.2, -0.15) is 9.90 Å². The number of amides is 2. The molecule has 0 aliphatic carbocycles. The number of likely N-dealkylation sites (N-methyl/N-ethyl adjacent to an activating group) is 1. The number of nitrogens with zero attached hydrogens (tertiary/aromatic N) is 4. The number of hydrogen-bond acceptors (Lipinski definition) is 4. The Morgan fingerprint density at radius 2 is 1.73 bits per heavy atom. The SMILES string of the molecule is Cc1ccc(-n2nc(C)c(C(=O)N(C)CC(=O)Nc3c(Cl)cccc3Cl)n2)c(C)c1. The Bertz CT molecular complexity index is 1110. The lowest BCUT2D eigenvalue weighted by atomic mass is 10.1. The van der Waals surface area contributed by atoms with Crippen LogP contribution in [0.2, 0.25) is 10.0 Å². The van der Waals surface area contributed by atoms with Gasteiger partial charge in [-0.05, 0) is 44.5 Å². The molecule has 3 aromatic rings. The number of carbonyl (C=O) groups excluding carboxylic acids is 2. The summed E-state index contributed by atoms with van der Waals surface area (Å²) >= 11 is 12.1. The van der Waals surface area contributed by atoms with Crippen molar-refractivity contribution in [2.24, 2.45) is 0 Å². The quantitative estimate of drug-likeness (QED) is 0.637. The van der Waals surface area contributed by atoms with Crippen LogP contribution < -0.4 is 5.32 Å². The van der Waals surface area contributed by atoms with E-state index in [9.17, 15) is 9.59 Å². The molecule has 1 N–H and O–H groups in total. The summed E-state index contributed by atoms with van der Waals surface area (Å²) in [6, 6.07) is 10.8. The fourth-order valence-electron chi connectivity index (χ4n) is 2.98. The van der Waals surface area contributed by atoms with E-state index < -0.39 is 11.8 Å². The molecule has 0 bridgehead atoms. The summed E-state index contributed by atoms with van der Waals surface area (Å²) in [7, 11) is 1.52. The Kier molecular flexibility index (Phi) is 6.43. The van der Waals surface area contributed by atoms with Crippen LogP contribution in [0.4, 0.5) is 5.69 Å². The molecule has 9 heteroatoms. The molecule has 2 amide bonds. The molecule has 1 aromatic heterocycles. The zero-order valence-corrected chi connectivity index (χ0v) is 18.5. The van der Waals surface area contributed by atoms with E-state index in [0.29, 0.717) is 21.4 Å².